The van der Waals surface area contributed by atoms with E-state index in [0.29, 0.717) is 0 Å². The van der Waals surface area contributed by atoms with Crippen LogP contribution in [0, 0.1) is 0 Å². The molecule has 1 aromatic heterocycles. The summed E-state index contributed by atoms with van der Waals surface area (Å²) in [6, 6.07) is 7.93. The fourth-order valence-corrected chi connectivity index (χ4v) is 3.22. The van der Waals surface area contributed by atoms with E-state index in [2.05, 4.69) is 32.7 Å². The largest absolute Gasteiger partial charge is 0.497 e. The average Bonchev–Trinajstić information content (AvgIpc) is 2.84. The molecule has 2 aromatic rings. The predicted molar refractivity (Wildman–Crippen MR) is 82.1 cm³/mol. The van der Waals surface area contributed by atoms with Crippen molar-refractivity contribution in [1.29, 1.82) is 0 Å². The summed E-state index contributed by atoms with van der Waals surface area (Å²) in [5.74, 6) is 1.65. The molecule has 0 aliphatic carbocycles. The molecular weight excluding hydrogens is 326 g/mol. The molecule has 0 aliphatic heterocycles. The minimum atomic E-state index is 0.761. The van der Waals surface area contributed by atoms with Crippen molar-refractivity contribution in [1.82, 2.24) is 5.32 Å². The van der Waals surface area contributed by atoms with Gasteiger partial charge in [0.2, 0.25) is 0 Å². The minimum Gasteiger partial charge on any atom is -0.497 e. The second kappa shape index (κ2) is 6.93. The van der Waals surface area contributed by atoms with Gasteiger partial charge in [0.1, 0.15) is 11.5 Å². The number of ether oxygens (including phenoxy) is 2. The van der Waals surface area contributed by atoms with Gasteiger partial charge in [-0.3, -0.25) is 0 Å². The molecule has 1 aromatic carbocycles. The average molecular weight is 342 g/mol. The van der Waals surface area contributed by atoms with E-state index < -0.39 is 0 Å². The second-order valence-electron chi connectivity index (χ2n) is 3.97. The van der Waals surface area contributed by atoms with Gasteiger partial charge in [-0.2, -0.15) is 0 Å². The molecule has 2 rings (SSSR count). The van der Waals surface area contributed by atoms with Gasteiger partial charge < -0.3 is 14.8 Å². The van der Waals surface area contributed by atoms with E-state index >= 15 is 0 Å². The highest BCUT2D eigenvalue weighted by Gasteiger charge is 2.06. The fourth-order valence-electron chi connectivity index (χ4n) is 1.76. The maximum absolute atomic E-state index is 5.37. The quantitative estimate of drug-likeness (QED) is 0.866. The summed E-state index contributed by atoms with van der Waals surface area (Å²) in [6.07, 6.45) is 0. The van der Waals surface area contributed by atoms with E-state index in [9.17, 15) is 0 Å². The number of halogens is 1. The van der Waals surface area contributed by atoms with Crippen molar-refractivity contribution in [2.75, 3.05) is 14.2 Å². The van der Waals surface area contributed by atoms with Gasteiger partial charge >= 0.3 is 0 Å². The van der Waals surface area contributed by atoms with Gasteiger partial charge in [-0.15, -0.1) is 11.3 Å². The van der Waals surface area contributed by atoms with Crippen molar-refractivity contribution in [3.05, 3.63) is 44.6 Å². The second-order valence-corrected chi connectivity index (χ2v) is 5.83. The molecule has 3 nitrogen and oxygen atoms in total. The van der Waals surface area contributed by atoms with Crippen molar-refractivity contribution < 1.29 is 9.47 Å². The van der Waals surface area contributed by atoms with Crippen LogP contribution in [0.3, 0.4) is 0 Å². The van der Waals surface area contributed by atoms with Gasteiger partial charge in [-0.05, 0) is 33.4 Å². The van der Waals surface area contributed by atoms with E-state index in [4.69, 9.17) is 9.47 Å². The minimum absolute atomic E-state index is 0.761. The van der Waals surface area contributed by atoms with Gasteiger partial charge in [0.05, 0.1) is 14.2 Å². The fraction of sp³-hybridized carbons (Fsp3) is 0.286. The zero-order valence-corrected chi connectivity index (χ0v) is 13.3. The Bertz CT molecular complexity index is 542. The molecule has 1 N–H and O–H groups in total. The van der Waals surface area contributed by atoms with Crippen LogP contribution in [0.5, 0.6) is 11.5 Å². The van der Waals surface area contributed by atoms with Crippen LogP contribution >= 0.6 is 27.3 Å². The van der Waals surface area contributed by atoms with Crippen molar-refractivity contribution in [2.45, 2.75) is 13.1 Å². The Balaban J connectivity index is 1.97. The lowest BCUT2D eigenvalue weighted by Crippen LogP contribution is -2.12. The van der Waals surface area contributed by atoms with Gasteiger partial charge in [-0.25, -0.2) is 0 Å². The molecule has 0 unspecified atom stereocenters. The highest BCUT2D eigenvalue weighted by atomic mass is 79.9. The Morgan fingerprint density at radius 3 is 2.63 bits per heavy atom. The Hall–Kier alpha value is -1.04. The topological polar surface area (TPSA) is 30.5 Å². The van der Waals surface area contributed by atoms with Crippen molar-refractivity contribution in [2.24, 2.45) is 0 Å². The third-order valence-corrected chi connectivity index (χ3v) is 4.71. The van der Waals surface area contributed by atoms with E-state index in [1.54, 1.807) is 25.6 Å². The standard InChI is InChI=1S/C14H16BrNO2S/c1-17-11-4-3-10(13(7-11)18-2)8-16-9-14-12(15)5-6-19-14/h3-7,16H,8-9H2,1-2H3. The molecule has 0 spiro atoms. The maximum Gasteiger partial charge on any atom is 0.127 e. The third kappa shape index (κ3) is 3.72. The molecule has 0 bridgehead atoms. The zero-order chi connectivity index (χ0) is 13.7. The lowest BCUT2D eigenvalue weighted by molar-refractivity contribution is 0.390. The summed E-state index contributed by atoms with van der Waals surface area (Å²) in [4.78, 5) is 1.30. The molecular formula is C14H16BrNO2S. The van der Waals surface area contributed by atoms with Crippen LogP contribution in [0.2, 0.25) is 0 Å². The first-order chi connectivity index (χ1) is 9.24. The highest BCUT2D eigenvalue weighted by Crippen LogP contribution is 2.25. The van der Waals surface area contributed by atoms with Gasteiger partial charge in [0, 0.05) is 34.1 Å². The molecule has 102 valence electrons. The summed E-state index contributed by atoms with van der Waals surface area (Å²) in [6.45, 7) is 1.60. The summed E-state index contributed by atoms with van der Waals surface area (Å²) in [7, 11) is 3.33. The molecule has 0 amide bonds. The molecule has 0 fully saturated rings. The normalized spacial score (nSPS) is 10.5. The van der Waals surface area contributed by atoms with Gasteiger partial charge in [-0.1, -0.05) is 6.07 Å². The zero-order valence-electron chi connectivity index (χ0n) is 10.9. The van der Waals surface area contributed by atoms with Gasteiger partial charge in [0.15, 0.2) is 0 Å². The number of nitrogens with one attached hydrogen (secondary N) is 1. The number of hydrogen-bond acceptors (Lipinski definition) is 4. The molecule has 0 saturated heterocycles. The van der Waals surface area contributed by atoms with Crippen LogP contribution in [0.25, 0.3) is 0 Å². The number of methoxy groups -OCH3 is 2. The van der Waals surface area contributed by atoms with Crippen LogP contribution in [0.15, 0.2) is 34.1 Å². The SMILES string of the molecule is COc1ccc(CNCc2sccc2Br)c(OC)c1. The number of hydrogen-bond donors (Lipinski definition) is 1. The molecule has 1 heterocycles. The first kappa shape index (κ1) is 14.4. The Morgan fingerprint density at radius 1 is 1.16 bits per heavy atom. The monoisotopic (exact) mass is 341 g/mol. The lowest BCUT2D eigenvalue weighted by atomic mass is 10.2. The maximum atomic E-state index is 5.37. The summed E-state index contributed by atoms with van der Waals surface area (Å²) < 4.78 is 11.7. The van der Waals surface area contributed by atoms with Crippen molar-refractivity contribution in [3.63, 3.8) is 0 Å². The van der Waals surface area contributed by atoms with Gasteiger partial charge in [0.25, 0.3) is 0 Å². The molecule has 0 radical (unpaired) electrons. The molecule has 0 saturated carbocycles. The Labute approximate surface area is 125 Å². The number of benzene rings is 1. The molecule has 5 heteroatoms. The summed E-state index contributed by atoms with van der Waals surface area (Å²) in [5.41, 5.74) is 1.12. The van der Waals surface area contributed by atoms with Crippen LogP contribution in [0.4, 0.5) is 0 Å². The van der Waals surface area contributed by atoms with Crippen LogP contribution in [0.1, 0.15) is 10.4 Å². The Morgan fingerprint density at radius 2 is 2.00 bits per heavy atom. The van der Waals surface area contributed by atoms with E-state index in [1.165, 1.54) is 4.88 Å². The molecule has 0 aliphatic rings. The summed E-state index contributed by atoms with van der Waals surface area (Å²) >= 11 is 5.27. The van der Waals surface area contributed by atoms with Crippen molar-refractivity contribution in [3.8, 4) is 11.5 Å². The van der Waals surface area contributed by atoms with Crippen LogP contribution in [-0.2, 0) is 13.1 Å². The van der Waals surface area contributed by atoms with Crippen molar-refractivity contribution >= 4 is 27.3 Å². The number of rotatable bonds is 6. The number of thiophene rings is 1. The van der Waals surface area contributed by atoms with Crippen LogP contribution < -0.4 is 14.8 Å². The first-order valence-corrected chi connectivity index (χ1v) is 7.55. The Kier molecular flexibility index (Phi) is 5.24. The molecule has 0 atom stereocenters. The lowest BCUT2D eigenvalue weighted by Gasteiger charge is -2.11. The third-order valence-electron chi connectivity index (χ3n) is 2.79. The smallest absolute Gasteiger partial charge is 0.127 e. The highest BCUT2D eigenvalue weighted by molar-refractivity contribution is 9.10. The van der Waals surface area contributed by atoms with E-state index in [-0.39, 0.29) is 0 Å². The van der Waals surface area contributed by atoms with Crippen LogP contribution in [-0.4, -0.2) is 14.2 Å². The predicted octanol–water partition coefficient (Wildman–Crippen LogP) is 3.82. The van der Waals surface area contributed by atoms with E-state index in [0.717, 1.165) is 34.6 Å². The molecule has 19 heavy (non-hydrogen) atoms. The first-order valence-electron chi connectivity index (χ1n) is 5.88. The summed E-state index contributed by atoms with van der Waals surface area (Å²) in [5, 5.41) is 5.50. The van der Waals surface area contributed by atoms with E-state index in [1.807, 2.05) is 18.2 Å².